The zero-order valence-electron chi connectivity index (χ0n) is 5.90. The van der Waals surface area contributed by atoms with Gasteiger partial charge >= 0.3 is 6.18 Å². The van der Waals surface area contributed by atoms with Crippen molar-refractivity contribution in [3.63, 3.8) is 0 Å². The fourth-order valence-corrected chi connectivity index (χ4v) is 1.53. The van der Waals surface area contributed by atoms with E-state index in [1.165, 1.54) is 6.07 Å². The highest BCUT2D eigenvalue weighted by molar-refractivity contribution is 7.12. The first kappa shape index (κ1) is 8.59. The van der Waals surface area contributed by atoms with Crippen molar-refractivity contribution >= 4 is 11.3 Å². The second kappa shape index (κ2) is 2.85. The monoisotopic (exact) mass is 180 g/mol. The molecule has 1 aromatic rings. The second-order valence-electron chi connectivity index (χ2n) is 2.12. The van der Waals surface area contributed by atoms with Gasteiger partial charge in [0, 0.05) is 4.88 Å². The van der Waals surface area contributed by atoms with Crippen LogP contribution in [0.25, 0.3) is 0 Å². The van der Waals surface area contributed by atoms with Crippen LogP contribution in [0.15, 0.2) is 12.1 Å². The van der Waals surface area contributed by atoms with Crippen molar-refractivity contribution < 1.29 is 13.2 Å². The first-order valence-electron chi connectivity index (χ1n) is 3.20. The number of alkyl halides is 3. The summed E-state index contributed by atoms with van der Waals surface area (Å²) in [6.07, 6.45) is -3.50. The summed E-state index contributed by atoms with van der Waals surface area (Å²) in [6, 6.07) is 2.65. The van der Waals surface area contributed by atoms with Gasteiger partial charge in [-0.05, 0) is 18.6 Å². The Bertz CT molecular complexity index is 236. The summed E-state index contributed by atoms with van der Waals surface area (Å²) in [5.74, 6) is 0. The van der Waals surface area contributed by atoms with E-state index in [2.05, 4.69) is 0 Å². The molecule has 0 unspecified atom stereocenters. The summed E-state index contributed by atoms with van der Waals surface area (Å²) >= 11 is 0.815. The molecule has 0 aliphatic carbocycles. The van der Waals surface area contributed by atoms with Gasteiger partial charge in [0.1, 0.15) is 4.88 Å². The smallest absolute Gasteiger partial charge is 0.165 e. The molecule has 0 atom stereocenters. The SMILES string of the molecule is CCc1ccc(C(F)(F)F)s1. The molecule has 0 aliphatic rings. The zero-order chi connectivity index (χ0) is 8.48. The predicted molar refractivity (Wildman–Crippen MR) is 38.7 cm³/mol. The Morgan fingerprint density at radius 2 is 2.00 bits per heavy atom. The normalized spacial score (nSPS) is 12.0. The zero-order valence-corrected chi connectivity index (χ0v) is 6.72. The maximum atomic E-state index is 11.9. The summed E-state index contributed by atoms with van der Waals surface area (Å²) in [7, 11) is 0. The topological polar surface area (TPSA) is 0 Å². The van der Waals surface area contributed by atoms with Gasteiger partial charge in [-0.1, -0.05) is 6.92 Å². The van der Waals surface area contributed by atoms with Crippen LogP contribution in [0, 0.1) is 0 Å². The molecular weight excluding hydrogens is 173 g/mol. The lowest BCUT2D eigenvalue weighted by atomic mass is 10.4. The molecule has 11 heavy (non-hydrogen) atoms. The third-order valence-electron chi connectivity index (χ3n) is 1.29. The number of aryl methyl sites for hydroxylation is 1. The number of thiophene rings is 1. The van der Waals surface area contributed by atoms with Gasteiger partial charge < -0.3 is 0 Å². The highest BCUT2D eigenvalue weighted by Gasteiger charge is 2.31. The minimum atomic E-state index is -4.17. The maximum Gasteiger partial charge on any atom is 0.425 e. The van der Waals surface area contributed by atoms with Gasteiger partial charge in [-0.15, -0.1) is 11.3 Å². The Labute approximate surface area is 66.7 Å². The highest BCUT2D eigenvalue weighted by atomic mass is 32.1. The Kier molecular flexibility index (Phi) is 2.23. The molecule has 4 heteroatoms. The molecule has 0 amide bonds. The molecular formula is C7H7F3S. The summed E-state index contributed by atoms with van der Waals surface area (Å²) in [5, 5.41) is 0. The number of hydrogen-bond donors (Lipinski definition) is 0. The molecule has 1 rings (SSSR count). The van der Waals surface area contributed by atoms with E-state index in [0.717, 1.165) is 22.3 Å². The molecule has 1 aromatic heterocycles. The van der Waals surface area contributed by atoms with Crippen LogP contribution in [0.5, 0.6) is 0 Å². The molecule has 0 nitrogen and oxygen atoms in total. The van der Waals surface area contributed by atoms with Crippen LogP contribution in [0.3, 0.4) is 0 Å². The van der Waals surface area contributed by atoms with Gasteiger partial charge in [-0.2, -0.15) is 13.2 Å². The van der Waals surface area contributed by atoms with Crippen molar-refractivity contribution in [3.8, 4) is 0 Å². The molecule has 62 valence electrons. The molecule has 0 radical (unpaired) electrons. The minimum absolute atomic E-state index is 0.505. The molecule has 0 saturated carbocycles. The first-order chi connectivity index (χ1) is 5.04. The van der Waals surface area contributed by atoms with E-state index in [9.17, 15) is 13.2 Å². The van der Waals surface area contributed by atoms with E-state index >= 15 is 0 Å². The predicted octanol–water partition coefficient (Wildman–Crippen LogP) is 3.33. The molecule has 0 aromatic carbocycles. The number of hydrogen-bond acceptors (Lipinski definition) is 1. The van der Waals surface area contributed by atoms with Crippen LogP contribution < -0.4 is 0 Å². The van der Waals surface area contributed by atoms with E-state index < -0.39 is 11.1 Å². The van der Waals surface area contributed by atoms with E-state index in [1.54, 1.807) is 0 Å². The number of halogens is 3. The van der Waals surface area contributed by atoms with Crippen LogP contribution in [0.1, 0.15) is 16.7 Å². The summed E-state index contributed by atoms with van der Waals surface area (Å²) in [5.41, 5.74) is 0. The van der Waals surface area contributed by atoms with Crippen LogP contribution in [0.2, 0.25) is 0 Å². The molecule has 0 N–H and O–H groups in total. The lowest BCUT2D eigenvalue weighted by Gasteiger charge is -2.00. The van der Waals surface area contributed by atoms with E-state index in [0.29, 0.717) is 6.42 Å². The first-order valence-corrected chi connectivity index (χ1v) is 4.01. The van der Waals surface area contributed by atoms with E-state index in [-0.39, 0.29) is 0 Å². The fourth-order valence-electron chi connectivity index (χ4n) is 0.720. The van der Waals surface area contributed by atoms with Gasteiger partial charge in [0.05, 0.1) is 0 Å². The Balaban J connectivity index is 2.89. The van der Waals surface area contributed by atoms with Crippen molar-refractivity contribution in [2.45, 2.75) is 19.5 Å². The van der Waals surface area contributed by atoms with Crippen LogP contribution in [-0.2, 0) is 12.6 Å². The minimum Gasteiger partial charge on any atom is -0.165 e. The molecule has 0 spiro atoms. The molecule has 0 saturated heterocycles. The molecule has 0 aliphatic heterocycles. The van der Waals surface area contributed by atoms with Crippen LogP contribution in [-0.4, -0.2) is 0 Å². The van der Waals surface area contributed by atoms with Gasteiger partial charge in [0.15, 0.2) is 0 Å². The van der Waals surface area contributed by atoms with Crippen molar-refractivity contribution in [2.24, 2.45) is 0 Å². The standard InChI is InChI=1S/C7H7F3S/c1-2-5-3-4-6(11-5)7(8,9)10/h3-4H,2H2,1H3. The van der Waals surface area contributed by atoms with Gasteiger partial charge in [-0.25, -0.2) is 0 Å². The van der Waals surface area contributed by atoms with Crippen molar-refractivity contribution in [1.29, 1.82) is 0 Å². The third-order valence-corrected chi connectivity index (χ3v) is 2.56. The lowest BCUT2D eigenvalue weighted by Crippen LogP contribution is -2.00. The summed E-state index contributed by atoms with van der Waals surface area (Å²) in [4.78, 5) is 0.270. The highest BCUT2D eigenvalue weighted by Crippen LogP contribution is 2.34. The number of rotatable bonds is 1. The quantitative estimate of drug-likeness (QED) is 0.621. The third kappa shape index (κ3) is 1.96. The van der Waals surface area contributed by atoms with Crippen molar-refractivity contribution in [3.05, 3.63) is 21.9 Å². The van der Waals surface area contributed by atoms with Gasteiger partial charge in [0.2, 0.25) is 0 Å². The largest absolute Gasteiger partial charge is 0.425 e. The molecule has 1 heterocycles. The lowest BCUT2D eigenvalue weighted by molar-refractivity contribution is -0.134. The van der Waals surface area contributed by atoms with Crippen molar-refractivity contribution in [2.75, 3.05) is 0 Å². The Morgan fingerprint density at radius 3 is 2.27 bits per heavy atom. The second-order valence-corrected chi connectivity index (χ2v) is 3.29. The van der Waals surface area contributed by atoms with Crippen LogP contribution in [0.4, 0.5) is 13.2 Å². The summed E-state index contributed by atoms with van der Waals surface area (Å²) < 4.78 is 35.8. The Hall–Kier alpha value is -0.510. The maximum absolute atomic E-state index is 11.9. The van der Waals surface area contributed by atoms with Crippen LogP contribution >= 0.6 is 11.3 Å². The van der Waals surface area contributed by atoms with Gasteiger partial charge in [0.25, 0.3) is 0 Å². The van der Waals surface area contributed by atoms with Gasteiger partial charge in [-0.3, -0.25) is 0 Å². The van der Waals surface area contributed by atoms with E-state index in [4.69, 9.17) is 0 Å². The Morgan fingerprint density at radius 1 is 1.36 bits per heavy atom. The average molecular weight is 180 g/mol. The summed E-state index contributed by atoms with van der Waals surface area (Å²) in [6.45, 7) is 1.84. The average Bonchev–Trinajstić information content (AvgIpc) is 2.32. The van der Waals surface area contributed by atoms with E-state index in [1.807, 2.05) is 6.92 Å². The fraction of sp³-hybridized carbons (Fsp3) is 0.429. The molecule has 0 fully saturated rings. The van der Waals surface area contributed by atoms with Crippen molar-refractivity contribution in [1.82, 2.24) is 0 Å². The molecule has 0 bridgehead atoms.